The summed E-state index contributed by atoms with van der Waals surface area (Å²) in [4.78, 5) is 13.3. The number of anilines is 1. The van der Waals surface area contributed by atoms with Gasteiger partial charge in [0, 0.05) is 37.1 Å². The van der Waals surface area contributed by atoms with Crippen molar-refractivity contribution in [2.24, 2.45) is 5.92 Å². The molecule has 0 aromatic heterocycles. The van der Waals surface area contributed by atoms with Crippen molar-refractivity contribution < 1.29 is 22.7 Å². The highest BCUT2D eigenvalue weighted by Gasteiger charge is 2.32. The molecule has 1 atom stereocenters. The van der Waals surface area contributed by atoms with Gasteiger partial charge in [-0.2, -0.15) is 4.31 Å². The fraction of sp³-hybridized carbons (Fsp3) is 0.458. The lowest BCUT2D eigenvalue weighted by molar-refractivity contribution is -0.120. The van der Waals surface area contributed by atoms with E-state index in [0.717, 1.165) is 23.3 Å². The highest BCUT2D eigenvalue weighted by atomic mass is 32.2. The van der Waals surface area contributed by atoms with Crippen LogP contribution in [0.4, 0.5) is 5.69 Å². The van der Waals surface area contributed by atoms with Crippen molar-refractivity contribution in [3.05, 3.63) is 47.5 Å². The second-order valence-electron chi connectivity index (χ2n) is 8.50. The molecule has 172 valence electrons. The van der Waals surface area contributed by atoms with Crippen LogP contribution in [0.1, 0.15) is 37.8 Å². The first-order valence-corrected chi connectivity index (χ1v) is 12.6. The van der Waals surface area contributed by atoms with Crippen molar-refractivity contribution >= 4 is 21.6 Å². The van der Waals surface area contributed by atoms with Crippen LogP contribution >= 0.6 is 0 Å². The summed E-state index contributed by atoms with van der Waals surface area (Å²) in [6.45, 7) is 6.96. The van der Waals surface area contributed by atoms with Crippen molar-refractivity contribution in [1.82, 2.24) is 4.31 Å². The molecular formula is C24H30N2O5S. The second-order valence-corrected chi connectivity index (χ2v) is 10.4. The fourth-order valence-corrected chi connectivity index (χ4v) is 5.73. The molecule has 2 aliphatic heterocycles. The summed E-state index contributed by atoms with van der Waals surface area (Å²) in [7, 11) is -3.55. The first-order chi connectivity index (χ1) is 15.3. The molecule has 0 bridgehead atoms. The molecule has 0 saturated carbocycles. The Balaban J connectivity index is 1.42. The van der Waals surface area contributed by atoms with Gasteiger partial charge in [-0.15, -0.1) is 0 Å². The van der Waals surface area contributed by atoms with E-state index in [9.17, 15) is 13.2 Å². The number of rotatable bonds is 6. The van der Waals surface area contributed by atoms with Crippen molar-refractivity contribution in [1.29, 1.82) is 0 Å². The molecule has 2 aromatic rings. The Bertz CT molecular complexity index is 1090. The Morgan fingerprint density at radius 3 is 2.53 bits per heavy atom. The van der Waals surface area contributed by atoms with Gasteiger partial charge in [0.1, 0.15) is 17.6 Å². The maximum absolute atomic E-state index is 13.0. The molecule has 1 fully saturated rings. The molecule has 32 heavy (non-hydrogen) atoms. The van der Waals surface area contributed by atoms with Crippen molar-refractivity contribution in [3.8, 4) is 11.5 Å². The summed E-state index contributed by atoms with van der Waals surface area (Å²) in [6.07, 6.45) is 1.86. The van der Waals surface area contributed by atoms with Crippen molar-refractivity contribution in [2.45, 2.75) is 51.0 Å². The van der Waals surface area contributed by atoms with Gasteiger partial charge in [0.05, 0.1) is 17.2 Å². The van der Waals surface area contributed by atoms with Gasteiger partial charge in [0.25, 0.3) is 0 Å². The monoisotopic (exact) mass is 458 g/mol. The molecule has 0 aliphatic carbocycles. The first kappa shape index (κ1) is 22.6. The summed E-state index contributed by atoms with van der Waals surface area (Å²) in [5, 5.41) is 2.99. The highest BCUT2D eigenvalue weighted by Crippen LogP contribution is 2.38. The van der Waals surface area contributed by atoms with E-state index >= 15 is 0 Å². The van der Waals surface area contributed by atoms with E-state index < -0.39 is 10.0 Å². The number of ether oxygens (including phenoxy) is 2. The van der Waals surface area contributed by atoms with Crippen LogP contribution in [0.25, 0.3) is 0 Å². The Hall–Kier alpha value is -2.58. The molecule has 2 aromatic carbocycles. The quantitative estimate of drug-likeness (QED) is 0.713. The van der Waals surface area contributed by atoms with Crippen molar-refractivity contribution in [2.75, 3.05) is 25.0 Å². The summed E-state index contributed by atoms with van der Waals surface area (Å²) < 4.78 is 38.9. The van der Waals surface area contributed by atoms with Crippen LogP contribution < -0.4 is 14.8 Å². The molecule has 0 unspecified atom stereocenters. The number of nitrogens with zero attached hydrogens (tertiary/aromatic N) is 1. The van der Waals surface area contributed by atoms with E-state index in [1.165, 1.54) is 4.31 Å². The number of benzene rings is 2. The van der Waals surface area contributed by atoms with Crippen LogP contribution in [0.2, 0.25) is 0 Å². The minimum absolute atomic E-state index is 0.102. The molecule has 2 heterocycles. The van der Waals surface area contributed by atoms with Gasteiger partial charge in [0.15, 0.2) is 0 Å². The molecular weight excluding hydrogens is 428 g/mol. The summed E-state index contributed by atoms with van der Waals surface area (Å²) in [5.74, 6) is 1.03. The smallest absolute Gasteiger partial charge is 0.243 e. The van der Waals surface area contributed by atoms with Gasteiger partial charge in [-0.1, -0.05) is 17.7 Å². The Labute approximate surface area is 189 Å². The first-order valence-electron chi connectivity index (χ1n) is 11.1. The molecule has 0 radical (unpaired) electrons. The number of hydrogen-bond acceptors (Lipinski definition) is 5. The number of amides is 1. The number of nitrogens with one attached hydrogen (secondary N) is 1. The zero-order chi connectivity index (χ0) is 22.9. The molecule has 7 nitrogen and oxygen atoms in total. The lowest BCUT2D eigenvalue weighted by Crippen LogP contribution is -2.41. The third-order valence-corrected chi connectivity index (χ3v) is 7.95. The molecule has 1 amide bonds. The van der Waals surface area contributed by atoms with Gasteiger partial charge in [-0.25, -0.2) is 8.42 Å². The van der Waals surface area contributed by atoms with E-state index in [0.29, 0.717) is 48.9 Å². The van der Waals surface area contributed by atoms with Crippen LogP contribution in [0.15, 0.2) is 41.3 Å². The topological polar surface area (TPSA) is 84.9 Å². The zero-order valence-electron chi connectivity index (χ0n) is 18.8. The Kier molecular flexibility index (Phi) is 6.44. The standard InChI is InChI=1S/C24H30N2O5S/c1-4-30-23-14-19-13-17(3)31-22(19)15-21(23)25-24(27)18-9-11-26(12-10-18)32(28,29)20-7-5-16(2)6-8-20/h5-8,14-15,17-18H,4,9-13H2,1-3H3,(H,25,27)/t17-/m1/s1. The molecule has 1 saturated heterocycles. The van der Waals surface area contributed by atoms with Crippen LogP contribution in [-0.2, 0) is 21.2 Å². The normalized spacial score (nSPS) is 19.3. The van der Waals surface area contributed by atoms with Crippen LogP contribution in [0, 0.1) is 12.8 Å². The van der Waals surface area contributed by atoms with Gasteiger partial charge in [0.2, 0.25) is 15.9 Å². The number of piperidine rings is 1. The lowest BCUT2D eigenvalue weighted by Gasteiger charge is -2.30. The Morgan fingerprint density at radius 2 is 1.88 bits per heavy atom. The average molecular weight is 459 g/mol. The number of aryl methyl sites for hydroxylation is 1. The van der Waals surface area contributed by atoms with E-state index in [-0.39, 0.29) is 17.9 Å². The summed E-state index contributed by atoms with van der Waals surface area (Å²) >= 11 is 0. The van der Waals surface area contributed by atoms with Gasteiger partial charge in [-0.05, 0) is 51.8 Å². The van der Waals surface area contributed by atoms with E-state index in [2.05, 4.69) is 5.32 Å². The van der Waals surface area contributed by atoms with Crippen LogP contribution in [0.5, 0.6) is 11.5 Å². The van der Waals surface area contributed by atoms with Crippen LogP contribution in [-0.4, -0.2) is 44.4 Å². The highest BCUT2D eigenvalue weighted by molar-refractivity contribution is 7.89. The minimum Gasteiger partial charge on any atom is -0.492 e. The largest absolute Gasteiger partial charge is 0.492 e. The number of carbonyl (C=O) groups excluding carboxylic acids is 1. The number of hydrogen-bond donors (Lipinski definition) is 1. The molecule has 0 spiro atoms. The SMILES string of the molecule is CCOc1cc2c(cc1NC(=O)C1CCN(S(=O)(=O)c3ccc(C)cc3)CC1)O[C@H](C)C2. The van der Waals surface area contributed by atoms with Gasteiger partial charge >= 0.3 is 0 Å². The van der Waals surface area contributed by atoms with Crippen molar-refractivity contribution in [3.63, 3.8) is 0 Å². The van der Waals surface area contributed by atoms with E-state index in [4.69, 9.17) is 9.47 Å². The van der Waals surface area contributed by atoms with Gasteiger partial charge < -0.3 is 14.8 Å². The van der Waals surface area contributed by atoms with E-state index in [1.54, 1.807) is 24.3 Å². The predicted molar refractivity (Wildman–Crippen MR) is 123 cm³/mol. The molecule has 2 aliphatic rings. The maximum atomic E-state index is 13.0. The number of carbonyl (C=O) groups is 1. The molecule has 8 heteroatoms. The van der Waals surface area contributed by atoms with E-state index in [1.807, 2.05) is 32.9 Å². The second kappa shape index (κ2) is 9.11. The fourth-order valence-electron chi connectivity index (χ4n) is 4.26. The minimum atomic E-state index is -3.55. The maximum Gasteiger partial charge on any atom is 0.243 e. The van der Waals surface area contributed by atoms with Gasteiger partial charge in [-0.3, -0.25) is 4.79 Å². The Morgan fingerprint density at radius 1 is 1.19 bits per heavy atom. The number of fused-ring (bicyclic) bond motifs is 1. The summed E-state index contributed by atoms with van der Waals surface area (Å²) in [6, 6.07) is 10.6. The third kappa shape index (κ3) is 4.61. The summed E-state index contributed by atoms with van der Waals surface area (Å²) in [5.41, 5.74) is 2.69. The third-order valence-electron chi connectivity index (χ3n) is 6.04. The predicted octanol–water partition coefficient (Wildman–Crippen LogP) is 3.76. The molecule has 1 N–H and O–H groups in total. The number of sulfonamides is 1. The zero-order valence-corrected chi connectivity index (χ0v) is 19.6. The van der Waals surface area contributed by atoms with Crippen LogP contribution in [0.3, 0.4) is 0 Å². The molecule has 4 rings (SSSR count). The lowest BCUT2D eigenvalue weighted by atomic mass is 9.97. The average Bonchev–Trinajstić information content (AvgIpc) is 3.13.